The number of hydrogen-bond donors (Lipinski definition) is 2. The zero-order valence-corrected chi connectivity index (χ0v) is 17.0. The van der Waals surface area contributed by atoms with Crippen LogP contribution >= 0.6 is 0 Å². The summed E-state index contributed by atoms with van der Waals surface area (Å²) in [6.45, 7) is 3.33. The van der Waals surface area contributed by atoms with Gasteiger partial charge in [-0.1, -0.05) is 30.3 Å². The molecule has 1 aromatic carbocycles. The molecule has 1 aliphatic heterocycles. The summed E-state index contributed by atoms with van der Waals surface area (Å²) in [6.07, 6.45) is 0.734. The SMILES string of the molecule is COCCO[C@@H]1c2ccn3c(C)c(COC)nc3c2N[C@H](c2ccccc2)[C@H]1O. The van der Waals surface area contributed by atoms with Crippen molar-refractivity contribution in [2.24, 2.45) is 0 Å². The molecule has 29 heavy (non-hydrogen) atoms. The van der Waals surface area contributed by atoms with Crippen molar-refractivity contribution in [1.82, 2.24) is 9.38 Å². The van der Waals surface area contributed by atoms with Crippen molar-refractivity contribution in [1.29, 1.82) is 0 Å². The fourth-order valence-electron chi connectivity index (χ4n) is 3.93. The number of nitrogens with one attached hydrogen (secondary N) is 1. The molecule has 3 aromatic rings. The normalized spacial score (nSPS) is 21.2. The third-order valence-electron chi connectivity index (χ3n) is 5.45. The third kappa shape index (κ3) is 3.62. The Labute approximate surface area is 170 Å². The zero-order chi connectivity index (χ0) is 20.4. The Balaban J connectivity index is 1.82. The first kappa shape index (κ1) is 19.8. The number of aromatic nitrogens is 2. The van der Waals surface area contributed by atoms with Crippen molar-refractivity contribution in [3.05, 3.63) is 65.1 Å². The van der Waals surface area contributed by atoms with E-state index in [1.807, 2.05) is 53.9 Å². The van der Waals surface area contributed by atoms with Gasteiger partial charge in [0.1, 0.15) is 12.2 Å². The van der Waals surface area contributed by atoms with E-state index in [0.717, 1.165) is 33.8 Å². The molecule has 4 rings (SSSR count). The van der Waals surface area contributed by atoms with Crippen LogP contribution in [0, 0.1) is 6.92 Å². The van der Waals surface area contributed by atoms with Gasteiger partial charge in [-0.2, -0.15) is 0 Å². The summed E-state index contributed by atoms with van der Waals surface area (Å²) in [4.78, 5) is 4.81. The minimum absolute atomic E-state index is 0.315. The van der Waals surface area contributed by atoms with Gasteiger partial charge in [0.25, 0.3) is 0 Å². The number of ether oxygens (including phenoxy) is 3. The lowest BCUT2D eigenvalue weighted by molar-refractivity contribution is -0.0633. The molecular weight excluding hydrogens is 370 g/mol. The average molecular weight is 397 g/mol. The lowest BCUT2D eigenvalue weighted by Crippen LogP contribution is -2.38. The van der Waals surface area contributed by atoms with Crippen LogP contribution in [-0.2, 0) is 20.8 Å². The third-order valence-corrected chi connectivity index (χ3v) is 5.45. The molecule has 0 fully saturated rings. The summed E-state index contributed by atoms with van der Waals surface area (Å²) in [5, 5.41) is 14.7. The number of rotatable bonds is 7. The number of imidazole rings is 1. The van der Waals surface area contributed by atoms with Crippen molar-refractivity contribution < 1.29 is 19.3 Å². The summed E-state index contributed by atoms with van der Waals surface area (Å²) >= 11 is 0. The Bertz CT molecular complexity index is 973. The highest BCUT2D eigenvalue weighted by Gasteiger charge is 2.38. The molecule has 0 saturated heterocycles. The van der Waals surface area contributed by atoms with Gasteiger partial charge >= 0.3 is 0 Å². The summed E-state index contributed by atoms with van der Waals surface area (Å²) in [6, 6.07) is 11.6. The Morgan fingerprint density at radius 1 is 1.10 bits per heavy atom. The van der Waals surface area contributed by atoms with Crippen molar-refractivity contribution in [3.8, 4) is 0 Å². The van der Waals surface area contributed by atoms with E-state index < -0.39 is 12.2 Å². The molecule has 7 nitrogen and oxygen atoms in total. The molecule has 3 atom stereocenters. The lowest BCUT2D eigenvalue weighted by Gasteiger charge is -2.38. The molecule has 2 aromatic heterocycles. The summed E-state index contributed by atoms with van der Waals surface area (Å²) in [5.74, 6) is 0. The fourth-order valence-corrected chi connectivity index (χ4v) is 3.93. The van der Waals surface area contributed by atoms with E-state index in [1.165, 1.54) is 0 Å². The van der Waals surface area contributed by atoms with Gasteiger partial charge in [0.05, 0.1) is 37.2 Å². The number of aliphatic hydroxyl groups excluding tert-OH is 1. The van der Waals surface area contributed by atoms with E-state index >= 15 is 0 Å². The number of hydrogen-bond acceptors (Lipinski definition) is 6. The number of fused-ring (bicyclic) bond motifs is 3. The summed E-state index contributed by atoms with van der Waals surface area (Å²) in [7, 11) is 3.30. The number of aryl methyl sites for hydroxylation is 1. The molecule has 1 aliphatic rings. The number of pyridine rings is 1. The van der Waals surface area contributed by atoms with Crippen LogP contribution in [0.2, 0.25) is 0 Å². The van der Waals surface area contributed by atoms with Crippen LogP contribution in [0.25, 0.3) is 5.65 Å². The second-order valence-corrected chi connectivity index (χ2v) is 7.22. The molecule has 154 valence electrons. The Morgan fingerprint density at radius 2 is 1.90 bits per heavy atom. The number of nitrogens with zero attached hydrogens (tertiary/aromatic N) is 2. The molecule has 3 heterocycles. The summed E-state index contributed by atoms with van der Waals surface area (Å²) < 4.78 is 18.6. The number of benzene rings is 1. The monoisotopic (exact) mass is 397 g/mol. The molecule has 0 spiro atoms. The maximum Gasteiger partial charge on any atom is 0.161 e. The van der Waals surface area contributed by atoms with Crippen molar-refractivity contribution in [3.63, 3.8) is 0 Å². The van der Waals surface area contributed by atoms with E-state index in [2.05, 4.69) is 5.32 Å². The fraction of sp³-hybridized carbons (Fsp3) is 0.409. The molecular formula is C22H27N3O4. The molecule has 7 heteroatoms. The molecule has 0 bridgehead atoms. The van der Waals surface area contributed by atoms with Crippen LogP contribution in [0.4, 0.5) is 5.69 Å². The minimum Gasteiger partial charge on any atom is -0.388 e. The molecule has 2 N–H and O–H groups in total. The maximum atomic E-state index is 11.2. The van der Waals surface area contributed by atoms with Crippen LogP contribution in [0.15, 0.2) is 42.6 Å². The second kappa shape index (κ2) is 8.51. The second-order valence-electron chi connectivity index (χ2n) is 7.22. The molecule has 0 aliphatic carbocycles. The largest absolute Gasteiger partial charge is 0.388 e. The topological polar surface area (TPSA) is 77.2 Å². The van der Waals surface area contributed by atoms with Gasteiger partial charge in [-0.15, -0.1) is 0 Å². The van der Waals surface area contributed by atoms with Gasteiger partial charge in [0.2, 0.25) is 0 Å². The highest BCUT2D eigenvalue weighted by atomic mass is 16.5. The first-order chi connectivity index (χ1) is 14.2. The van der Waals surface area contributed by atoms with Gasteiger partial charge in [-0.25, -0.2) is 4.98 Å². The highest BCUT2D eigenvalue weighted by molar-refractivity contribution is 5.75. The molecule has 0 saturated carbocycles. The van der Waals surface area contributed by atoms with Crippen LogP contribution in [0.5, 0.6) is 0 Å². The number of anilines is 1. The standard InChI is InChI=1S/C22H27N3O4/c1-14-17(13-28-3)23-22-19-16(9-10-25(14)22)21(29-12-11-27-2)20(26)18(24-19)15-7-5-4-6-8-15/h4-10,18,20-21,24,26H,11-13H2,1-3H3/t18-,20-,21-/m1/s1. The zero-order valence-electron chi connectivity index (χ0n) is 17.0. The predicted octanol–water partition coefficient (Wildman–Crippen LogP) is 3.02. The van der Waals surface area contributed by atoms with E-state index in [0.29, 0.717) is 19.8 Å². The average Bonchev–Trinajstić information content (AvgIpc) is 3.06. The van der Waals surface area contributed by atoms with Gasteiger partial charge in [-0.05, 0) is 18.6 Å². The smallest absolute Gasteiger partial charge is 0.161 e. The first-order valence-corrected chi connectivity index (χ1v) is 9.75. The Hall–Kier alpha value is -2.45. The van der Waals surface area contributed by atoms with E-state index in [1.54, 1.807) is 14.2 Å². The van der Waals surface area contributed by atoms with Gasteiger partial charge in [0, 0.05) is 31.7 Å². The quantitative estimate of drug-likeness (QED) is 0.597. The highest BCUT2D eigenvalue weighted by Crippen LogP contribution is 2.43. The lowest BCUT2D eigenvalue weighted by atomic mass is 9.89. The van der Waals surface area contributed by atoms with Crippen LogP contribution in [0.1, 0.15) is 34.7 Å². The van der Waals surface area contributed by atoms with Crippen LogP contribution in [-0.4, -0.2) is 48.0 Å². The van der Waals surface area contributed by atoms with E-state index in [-0.39, 0.29) is 6.04 Å². The molecule has 0 amide bonds. The minimum atomic E-state index is -0.751. The van der Waals surface area contributed by atoms with Crippen molar-refractivity contribution >= 4 is 11.3 Å². The number of aliphatic hydroxyl groups is 1. The van der Waals surface area contributed by atoms with Crippen molar-refractivity contribution in [2.75, 3.05) is 32.8 Å². The van der Waals surface area contributed by atoms with E-state index in [9.17, 15) is 5.11 Å². The van der Waals surface area contributed by atoms with E-state index in [4.69, 9.17) is 19.2 Å². The van der Waals surface area contributed by atoms with Gasteiger partial charge in [-0.3, -0.25) is 0 Å². The predicted molar refractivity (Wildman–Crippen MR) is 110 cm³/mol. The number of methoxy groups -OCH3 is 2. The maximum absolute atomic E-state index is 11.2. The van der Waals surface area contributed by atoms with Crippen LogP contribution in [0.3, 0.4) is 0 Å². The van der Waals surface area contributed by atoms with Gasteiger partial charge in [0.15, 0.2) is 5.65 Å². The Kier molecular flexibility index (Phi) is 5.82. The molecule has 0 unspecified atom stereocenters. The van der Waals surface area contributed by atoms with Crippen LogP contribution < -0.4 is 5.32 Å². The Morgan fingerprint density at radius 3 is 2.62 bits per heavy atom. The first-order valence-electron chi connectivity index (χ1n) is 9.75. The van der Waals surface area contributed by atoms with Gasteiger partial charge < -0.3 is 29.0 Å². The summed E-state index contributed by atoms with van der Waals surface area (Å²) in [5.41, 5.74) is 5.49. The molecule has 0 radical (unpaired) electrons. The van der Waals surface area contributed by atoms with Crippen molar-refractivity contribution in [2.45, 2.75) is 31.8 Å².